The molecule has 0 heterocycles. The van der Waals surface area contributed by atoms with E-state index < -0.39 is 0 Å². The molecule has 1 aliphatic carbocycles. The second-order valence-electron chi connectivity index (χ2n) is 3.87. The van der Waals surface area contributed by atoms with Crippen molar-refractivity contribution in [3.05, 3.63) is 33.8 Å². The summed E-state index contributed by atoms with van der Waals surface area (Å²) in [4.78, 5) is 0. The highest BCUT2D eigenvalue weighted by Crippen LogP contribution is 2.27. The van der Waals surface area contributed by atoms with Gasteiger partial charge in [0.25, 0.3) is 0 Å². The fourth-order valence-electron chi connectivity index (χ4n) is 1.52. The van der Waals surface area contributed by atoms with Crippen molar-refractivity contribution < 1.29 is 0 Å². The van der Waals surface area contributed by atoms with Crippen LogP contribution in [0.1, 0.15) is 31.4 Å². The lowest BCUT2D eigenvalue weighted by molar-refractivity contribution is 0.571. The predicted octanol–water partition coefficient (Wildman–Crippen LogP) is 3.81. The molecule has 0 aromatic heterocycles. The Balaban J connectivity index is 2.12. The molecule has 0 spiro atoms. The van der Waals surface area contributed by atoms with Gasteiger partial charge in [0.2, 0.25) is 0 Å². The van der Waals surface area contributed by atoms with E-state index in [9.17, 15) is 0 Å². The van der Waals surface area contributed by atoms with Gasteiger partial charge in [-0.2, -0.15) is 0 Å². The second-order valence-corrected chi connectivity index (χ2v) is 4.74. The first-order chi connectivity index (χ1) is 6.65. The zero-order chi connectivity index (χ0) is 10.1. The molecule has 76 valence electrons. The van der Waals surface area contributed by atoms with Gasteiger partial charge >= 0.3 is 0 Å². The zero-order valence-electron chi connectivity index (χ0n) is 8.06. The third-order valence-corrected chi connectivity index (χ3v) is 2.88. The summed E-state index contributed by atoms with van der Waals surface area (Å²) in [7, 11) is 0. The summed E-state index contributed by atoms with van der Waals surface area (Å²) in [6, 6.07) is 6.72. The topological polar surface area (TPSA) is 12.0 Å². The molecule has 1 aromatic rings. The van der Waals surface area contributed by atoms with Crippen LogP contribution in [-0.2, 0) is 0 Å². The molecule has 0 saturated heterocycles. The average Bonchev–Trinajstić information content (AvgIpc) is 2.86. The van der Waals surface area contributed by atoms with E-state index in [1.54, 1.807) is 6.07 Å². The fourth-order valence-corrected chi connectivity index (χ4v) is 2.07. The lowest BCUT2D eigenvalue weighted by Gasteiger charge is -2.14. The van der Waals surface area contributed by atoms with E-state index in [0.29, 0.717) is 22.1 Å². The van der Waals surface area contributed by atoms with Gasteiger partial charge in [0.05, 0.1) is 0 Å². The fraction of sp³-hybridized carbons (Fsp3) is 0.455. The molecule has 2 rings (SSSR count). The van der Waals surface area contributed by atoms with Crippen molar-refractivity contribution >= 4 is 23.2 Å². The molecule has 0 amide bonds. The maximum absolute atomic E-state index is 5.93. The van der Waals surface area contributed by atoms with Crippen LogP contribution in [0, 0.1) is 0 Å². The standard InChI is InChI=1S/C11H13Cl2N/c1-7(14-11-2-3-11)8-4-9(12)6-10(13)5-8/h4-7,11,14H,2-3H2,1H3. The first kappa shape index (κ1) is 10.3. The summed E-state index contributed by atoms with van der Waals surface area (Å²) < 4.78 is 0. The van der Waals surface area contributed by atoms with Crippen LogP contribution in [0.15, 0.2) is 18.2 Å². The Bertz CT molecular complexity index is 314. The largest absolute Gasteiger partial charge is 0.307 e. The van der Waals surface area contributed by atoms with Crippen LogP contribution in [0.2, 0.25) is 10.0 Å². The molecular weight excluding hydrogens is 217 g/mol. The molecule has 1 saturated carbocycles. The number of benzene rings is 1. The minimum atomic E-state index is 0.332. The van der Waals surface area contributed by atoms with Crippen molar-refractivity contribution in [3.8, 4) is 0 Å². The highest BCUT2D eigenvalue weighted by Gasteiger charge is 2.23. The van der Waals surface area contributed by atoms with Crippen LogP contribution < -0.4 is 5.32 Å². The van der Waals surface area contributed by atoms with Crippen LogP contribution >= 0.6 is 23.2 Å². The lowest BCUT2D eigenvalue weighted by atomic mass is 10.1. The van der Waals surface area contributed by atoms with Gasteiger partial charge in [0.1, 0.15) is 0 Å². The third-order valence-electron chi connectivity index (χ3n) is 2.45. The van der Waals surface area contributed by atoms with E-state index in [-0.39, 0.29) is 0 Å². The van der Waals surface area contributed by atoms with Crippen LogP contribution in [0.4, 0.5) is 0 Å². The van der Waals surface area contributed by atoms with E-state index in [0.717, 1.165) is 5.56 Å². The number of rotatable bonds is 3. The van der Waals surface area contributed by atoms with Crippen LogP contribution in [0.5, 0.6) is 0 Å². The Hall–Kier alpha value is -0.240. The Morgan fingerprint density at radius 1 is 1.21 bits per heavy atom. The highest BCUT2D eigenvalue weighted by atomic mass is 35.5. The quantitative estimate of drug-likeness (QED) is 0.832. The van der Waals surface area contributed by atoms with Gasteiger partial charge in [0.15, 0.2) is 0 Å². The van der Waals surface area contributed by atoms with Crippen molar-refractivity contribution in [1.29, 1.82) is 0 Å². The first-order valence-electron chi connectivity index (χ1n) is 4.87. The van der Waals surface area contributed by atoms with Crippen molar-refractivity contribution in [2.45, 2.75) is 31.8 Å². The summed E-state index contributed by atoms with van der Waals surface area (Å²) in [5, 5.41) is 4.92. The minimum absolute atomic E-state index is 0.332. The molecule has 1 unspecified atom stereocenters. The van der Waals surface area contributed by atoms with Crippen molar-refractivity contribution in [2.75, 3.05) is 0 Å². The molecule has 0 aliphatic heterocycles. The van der Waals surface area contributed by atoms with Gasteiger partial charge in [-0.3, -0.25) is 0 Å². The third kappa shape index (κ3) is 2.63. The predicted molar refractivity (Wildman–Crippen MR) is 61.0 cm³/mol. The Labute approximate surface area is 94.4 Å². The molecule has 1 atom stereocenters. The molecule has 0 bridgehead atoms. The highest BCUT2D eigenvalue weighted by molar-refractivity contribution is 6.34. The number of hydrogen-bond acceptors (Lipinski definition) is 1. The van der Waals surface area contributed by atoms with Crippen molar-refractivity contribution in [3.63, 3.8) is 0 Å². The zero-order valence-corrected chi connectivity index (χ0v) is 9.57. The Morgan fingerprint density at radius 2 is 1.79 bits per heavy atom. The molecular formula is C11H13Cl2N. The maximum atomic E-state index is 5.93. The summed E-state index contributed by atoms with van der Waals surface area (Å²) in [6.45, 7) is 2.14. The van der Waals surface area contributed by atoms with Gasteiger partial charge < -0.3 is 5.32 Å². The van der Waals surface area contributed by atoms with Crippen LogP contribution in [0.25, 0.3) is 0 Å². The Kier molecular flexibility index (Phi) is 3.01. The average molecular weight is 230 g/mol. The van der Waals surface area contributed by atoms with Crippen LogP contribution in [-0.4, -0.2) is 6.04 Å². The second kappa shape index (κ2) is 4.09. The smallest absolute Gasteiger partial charge is 0.0424 e. The van der Waals surface area contributed by atoms with Gasteiger partial charge in [-0.25, -0.2) is 0 Å². The number of nitrogens with one attached hydrogen (secondary N) is 1. The number of halogens is 2. The van der Waals surface area contributed by atoms with Gasteiger partial charge in [-0.05, 0) is 43.5 Å². The SMILES string of the molecule is CC(NC1CC1)c1cc(Cl)cc(Cl)c1. The molecule has 1 nitrogen and oxygen atoms in total. The van der Waals surface area contributed by atoms with Crippen LogP contribution in [0.3, 0.4) is 0 Å². The number of hydrogen-bond donors (Lipinski definition) is 1. The molecule has 1 aliphatic rings. The van der Waals surface area contributed by atoms with E-state index in [1.165, 1.54) is 12.8 Å². The molecule has 1 fully saturated rings. The minimum Gasteiger partial charge on any atom is -0.307 e. The summed E-state index contributed by atoms with van der Waals surface area (Å²) in [6.07, 6.45) is 2.58. The van der Waals surface area contributed by atoms with E-state index >= 15 is 0 Å². The Morgan fingerprint density at radius 3 is 2.29 bits per heavy atom. The maximum Gasteiger partial charge on any atom is 0.0424 e. The molecule has 0 radical (unpaired) electrons. The normalized spacial score (nSPS) is 18.2. The van der Waals surface area contributed by atoms with E-state index in [4.69, 9.17) is 23.2 Å². The monoisotopic (exact) mass is 229 g/mol. The van der Waals surface area contributed by atoms with E-state index in [1.807, 2.05) is 12.1 Å². The summed E-state index contributed by atoms with van der Waals surface area (Å²) >= 11 is 11.9. The van der Waals surface area contributed by atoms with Gasteiger partial charge in [-0.15, -0.1) is 0 Å². The molecule has 14 heavy (non-hydrogen) atoms. The van der Waals surface area contributed by atoms with Crippen molar-refractivity contribution in [1.82, 2.24) is 5.32 Å². The summed E-state index contributed by atoms with van der Waals surface area (Å²) in [5.41, 5.74) is 1.16. The van der Waals surface area contributed by atoms with Gasteiger partial charge in [-0.1, -0.05) is 23.2 Å². The van der Waals surface area contributed by atoms with Crippen molar-refractivity contribution in [2.24, 2.45) is 0 Å². The molecule has 3 heteroatoms. The first-order valence-corrected chi connectivity index (χ1v) is 5.63. The van der Waals surface area contributed by atoms with E-state index in [2.05, 4.69) is 12.2 Å². The van der Waals surface area contributed by atoms with Gasteiger partial charge in [0, 0.05) is 22.1 Å². The summed E-state index contributed by atoms with van der Waals surface area (Å²) in [5.74, 6) is 0. The molecule has 1 N–H and O–H groups in total. The molecule has 1 aromatic carbocycles. The lowest BCUT2D eigenvalue weighted by Crippen LogP contribution is -2.20.